The average molecular weight is 438 g/mol. The molecule has 1 amide bonds. The molecule has 1 atom stereocenters. The number of halogens is 1. The molecule has 6 nitrogen and oxygen atoms in total. The predicted octanol–water partition coefficient (Wildman–Crippen LogP) is 4.92. The van der Waals surface area contributed by atoms with Crippen LogP contribution < -0.4 is 10.1 Å². The summed E-state index contributed by atoms with van der Waals surface area (Å²) in [5.41, 5.74) is 1.87. The molecule has 0 spiro atoms. The molecule has 0 aliphatic carbocycles. The van der Waals surface area contributed by atoms with Gasteiger partial charge in [0.15, 0.2) is 0 Å². The molecule has 7 heteroatoms. The zero-order chi connectivity index (χ0) is 22.3. The fourth-order valence-corrected chi connectivity index (χ4v) is 3.90. The minimum Gasteiger partial charge on any atom is -0.494 e. The monoisotopic (exact) mass is 437 g/mol. The molecule has 1 aliphatic heterocycles. The van der Waals surface area contributed by atoms with E-state index in [2.05, 4.69) is 22.1 Å². The van der Waals surface area contributed by atoms with Crippen molar-refractivity contribution in [1.29, 1.82) is 0 Å². The Morgan fingerprint density at radius 2 is 2.00 bits per heavy atom. The van der Waals surface area contributed by atoms with Gasteiger partial charge in [-0.1, -0.05) is 0 Å². The summed E-state index contributed by atoms with van der Waals surface area (Å²) in [6.45, 7) is 5.25. The summed E-state index contributed by atoms with van der Waals surface area (Å²) in [4.78, 5) is 19.1. The lowest BCUT2D eigenvalue weighted by atomic mass is 10.2. The highest BCUT2D eigenvalue weighted by atomic mass is 19.1. The number of anilines is 1. The van der Waals surface area contributed by atoms with Gasteiger partial charge in [-0.15, -0.1) is 0 Å². The zero-order valence-electron chi connectivity index (χ0n) is 18.2. The third-order valence-electron chi connectivity index (χ3n) is 5.67. The van der Waals surface area contributed by atoms with Crippen LogP contribution in [0.5, 0.6) is 5.75 Å². The molecule has 1 aromatic heterocycles. The number of carbonyl (C=O) groups is 1. The Kier molecular flexibility index (Phi) is 7.17. The van der Waals surface area contributed by atoms with Gasteiger partial charge < -0.3 is 19.4 Å². The summed E-state index contributed by atoms with van der Waals surface area (Å²) in [6.07, 6.45) is 5.14. The van der Waals surface area contributed by atoms with E-state index in [0.717, 1.165) is 24.3 Å². The first-order chi connectivity index (χ1) is 15.6. The van der Waals surface area contributed by atoms with E-state index in [0.29, 0.717) is 29.9 Å². The van der Waals surface area contributed by atoms with Gasteiger partial charge in [0, 0.05) is 23.8 Å². The first kappa shape index (κ1) is 22.0. The van der Waals surface area contributed by atoms with Crippen molar-refractivity contribution >= 4 is 11.6 Å². The molecule has 1 saturated heterocycles. The molecule has 0 bridgehead atoms. The molecule has 2 aromatic carbocycles. The number of oxazole rings is 1. The maximum Gasteiger partial charge on any atom is 0.230 e. The van der Waals surface area contributed by atoms with Crippen LogP contribution in [-0.4, -0.2) is 41.5 Å². The number of carbonyl (C=O) groups excluding carboxylic acids is 1. The first-order valence-corrected chi connectivity index (χ1v) is 11.0. The number of rotatable bonds is 9. The molecular formula is C25H28FN3O3. The van der Waals surface area contributed by atoms with E-state index in [1.807, 2.05) is 24.3 Å². The predicted molar refractivity (Wildman–Crippen MR) is 121 cm³/mol. The molecule has 1 aliphatic rings. The van der Waals surface area contributed by atoms with Crippen molar-refractivity contribution in [2.45, 2.75) is 38.6 Å². The Labute approximate surface area is 187 Å². The summed E-state index contributed by atoms with van der Waals surface area (Å²) < 4.78 is 24.4. The second-order valence-electron chi connectivity index (χ2n) is 8.13. The van der Waals surface area contributed by atoms with Crippen LogP contribution in [-0.2, 0) is 11.2 Å². The molecule has 32 heavy (non-hydrogen) atoms. The molecular weight excluding hydrogens is 409 g/mol. The molecule has 1 N–H and O–H groups in total. The number of hydrogen-bond acceptors (Lipinski definition) is 5. The largest absolute Gasteiger partial charge is 0.494 e. The quantitative estimate of drug-likeness (QED) is 0.482. The van der Waals surface area contributed by atoms with Crippen molar-refractivity contribution in [1.82, 2.24) is 9.88 Å². The van der Waals surface area contributed by atoms with Gasteiger partial charge in [-0.05, 0) is 81.3 Å². The van der Waals surface area contributed by atoms with Gasteiger partial charge in [-0.25, -0.2) is 9.37 Å². The lowest BCUT2D eigenvalue weighted by molar-refractivity contribution is -0.115. The van der Waals surface area contributed by atoms with Crippen molar-refractivity contribution in [2.75, 3.05) is 25.0 Å². The SMILES string of the molecule is CC1CCCN1CCCOc1ccc(-c2nc(CC(=O)Nc3ccc(F)cc3)co2)cc1. The molecule has 1 fully saturated rings. The van der Waals surface area contributed by atoms with Crippen LogP contribution in [0.1, 0.15) is 31.9 Å². The van der Waals surface area contributed by atoms with E-state index in [4.69, 9.17) is 9.15 Å². The Morgan fingerprint density at radius 1 is 1.22 bits per heavy atom. The van der Waals surface area contributed by atoms with Crippen LogP contribution in [0.15, 0.2) is 59.2 Å². The molecule has 0 radical (unpaired) electrons. The van der Waals surface area contributed by atoms with Crippen LogP contribution in [0.25, 0.3) is 11.5 Å². The fraction of sp³-hybridized carbons (Fsp3) is 0.360. The topological polar surface area (TPSA) is 67.6 Å². The van der Waals surface area contributed by atoms with Crippen LogP contribution in [0.4, 0.5) is 10.1 Å². The van der Waals surface area contributed by atoms with Crippen molar-refractivity contribution in [3.8, 4) is 17.2 Å². The molecule has 1 unspecified atom stereocenters. The molecule has 4 rings (SSSR count). The normalized spacial score (nSPS) is 16.2. The third-order valence-corrected chi connectivity index (χ3v) is 5.67. The molecule has 3 aromatic rings. The highest BCUT2D eigenvalue weighted by Gasteiger charge is 2.19. The summed E-state index contributed by atoms with van der Waals surface area (Å²) >= 11 is 0. The number of aromatic nitrogens is 1. The Hall–Kier alpha value is -3.19. The van der Waals surface area contributed by atoms with Crippen molar-refractivity contribution in [3.63, 3.8) is 0 Å². The maximum absolute atomic E-state index is 13.0. The maximum atomic E-state index is 13.0. The standard InChI is InChI=1S/C25H28FN3O3/c1-18-4-2-13-29(18)14-3-15-31-23-11-5-19(6-12-23)25-28-22(17-32-25)16-24(30)27-21-9-7-20(26)8-10-21/h5-12,17-18H,2-4,13-16H2,1H3,(H,27,30). The minimum absolute atomic E-state index is 0.0672. The summed E-state index contributed by atoms with van der Waals surface area (Å²) in [5.74, 6) is 0.665. The van der Waals surface area contributed by atoms with Gasteiger partial charge >= 0.3 is 0 Å². The Morgan fingerprint density at radius 3 is 2.72 bits per heavy atom. The second-order valence-corrected chi connectivity index (χ2v) is 8.13. The number of nitrogens with zero attached hydrogens (tertiary/aromatic N) is 2. The van der Waals surface area contributed by atoms with Crippen molar-refractivity contribution in [3.05, 3.63) is 66.3 Å². The number of likely N-dealkylation sites (tertiary alicyclic amines) is 1. The smallest absolute Gasteiger partial charge is 0.230 e. The number of hydrogen-bond donors (Lipinski definition) is 1. The van der Waals surface area contributed by atoms with Crippen LogP contribution in [0.2, 0.25) is 0 Å². The molecule has 168 valence electrons. The summed E-state index contributed by atoms with van der Waals surface area (Å²) in [5, 5.41) is 2.71. The summed E-state index contributed by atoms with van der Waals surface area (Å²) in [7, 11) is 0. The minimum atomic E-state index is -0.350. The zero-order valence-corrected chi connectivity index (χ0v) is 18.2. The van der Waals surface area contributed by atoms with Gasteiger partial charge in [0.05, 0.1) is 18.7 Å². The first-order valence-electron chi connectivity index (χ1n) is 11.0. The van der Waals surface area contributed by atoms with E-state index in [1.165, 1.54) is 49.9 Å². The van der Waals surface area contributed by atoms with E-state index in [1.54, 1.807) is 0 Å². The number of amides is 1. The van der Waals surface area contributed by atoms with Gasteiger partial charge in [-0.3, -0.25) is 4.79 Å². The average Bonchev–Trinajstić information content (AvgIpc) is 3.42. The van der Waals surface area contributed by atoms with E-state index in [-0.39, 0.29) is 18.1 Å². The number of ether oxygens (including phenoxy) is 1. The van der Waals surface area contributed by atoms with Gasteiger partial charge in [0.1, 0.15) is 17.8 Å². The lowest BCUT2D eigenvalue weighted by Crippen LogP contribution is -2.28. The van der Waals surface area contributed by atoms with Crippen molar-refractivity contribution in [2.24, 2.45) is 0 Å². The highest BCUT2D eigenvalue weighted by Crippen LogP contribution is 2.23. The van der Waals surface area contributed by atoms with Gasteiger partial charge in [0.2, 0.25) is 11.8 Å². The van der Waals surface area contributed by atoms with Crippen LogP contribution >= 0.6 is 0 Å². The van der Waals surface area contributed by atoms with Gasteiger partial charge in [-0.2, -0.15) is 0 Å². The highest BCUT2D eigenvalue weighted by molar-refractivity contribution is 5.92. The summed E-state index contributed by atoms with van der Waals surface area (Å²) in [6, 6.07) is 13.9. The second kappa shape index (κ2) is 10.4. The Balaban J connectivity index is 1.24. The number of benzene rings is 2. The fourth-order valence-electron chi connectivity index (χ4n) is 3.90. The van der Waals surface area contributed by atoms with E-state index in [9.17, 15) is 9.18 Å². The van der Waals surface area contributed by atoms with Gasteiger partial charge in [0.25, 0.3) is 0 Å². The van der Waals surface area contributed by atoms with Crippen LogP contribution in [0, 0.1) is 5.82 Å². The molecule has 2 heterocycles. The van der Waals surface area contributed by atoms with E-state index < -0.39 is 0 Å². The third kappa shape index (κ3) is 5.95. The van der Waals surface area contributed by atoms with Crippen molar-refractivity contribution < 1.29 is 18.3 Å². The van der Waals surface area contributed by atoms with E-state index >= 15 is 0 Å². The number of nitrogens with one attached hydrogen (secondary N) is 1. The molecule has 0 saturated carbocycles. The lowest BCUT2D eigenvalue weighted by Gasteiger charge is -2.20. The van der Waals surface area contributed by atoms with Crippen LogP contribution in [0.3, 0.4) is 0 Å². The Bertz CT molecular complexity index is 1020.